The second-order valence-electron chi connectivity index (χ2n) is 4.93. The standard InChI is InChI=1S/C13H17F3N2/c1-8(2)12-7-17-3-4-18(12)11-6-9(14)5-10(15)13(11)16/h5-6,8,12,17H,3-4,7H2,1-2H3. The first-order valence-electron chi connectivity index (χ1n) is 6.12. The van der Waals surface area contributed by atoms with Crippen molar-refractivity contribution in [1.82, 2.24) is 5.32 Å². The lowest BCUT2D eigenvalue weighted by atomic mass is 9.99. The molecule has 18 heavy (non-hydrogen) atoms. The highest BCUT2D eigenvalue weighted by Gasteiger charge is 2.28. The van der Waals surface area contributed by atoms with E-state index in [1.165, 1.54) is 0 Å². The van der Waals surface area contributed by atoms with Crippen LogP contribution in [0.1, 0.15) is 13.8 Å². The molecule has 0 aromatic heterocycles. The number of nitrogens with zero attached hydrogens (tertiary/aromatic N) is 1. The topological polar surface area (TPSA) is 15.3 Å². The van der Waals surface area contributed by atoms with Crippen LogP contribution in [0.4, 0.5) is 18.9 Å². The minimum Gasteiger partial charge on any atom is -0.363 e. The third kappa shape index (κ3) is 2.46. The minimum absolute atomic E-state index is 0.0210. The van der Waals surface area contributed by atoms with Crippen LogP contribution in [0.25, 0.3) is 0 Å². The maximum atomic E-state index is 13.8. The molecule has 0 amide bonds. The van der Waals surface area contributed by atoms with Crippen LogP contribution in [0.3, 0.4) is 0 Å². The second-order valence-corrected chi connectivity index (χ2v) is 4.93. The van der Waals surface area contributed by atoms with E-state index in [9.17, 15) is 13.2 Å². The Balaban J connectivity index is 2.39. The molecule has 1 aliphatic heterocycles. The molecule has 1 fully saturated rings. The van der Waals surface area contributed by atoms with Gasteiger partial charge in [-0.25, -0.2) is 13.2 Å². The van der Waals surface area contributed by atoms with Crippen LogP contribution in [0.15, 0.2) is 12.1 Å². The van der Waals surface area contributed by atoms with Crippen LogP contribution in [-0.4, -0.2) is 25.7 Å². The van der Waals surface area contributed by atoms with E-state index in [2.05, 4.69) is 5.32 Å². The van der Waals surface area contributed by atoms with E-state index in [-0.39, 0.29) is 17.6 Å². The molecule has 1 aromatic rings. The van der Waals surface area contributed by atoms with Gasteiger partial charge in [-0.2, -0.15) is 0 Å². The molecule has 1 unspecified atom stereocenters. The van der Waals surface area contributed by atoms with Gasteiger partial charge in [0.05, 0.1) is 5.69 Å². The molecule has 0 aliphatic carbocycles. The van der Waals surface area contributed by atoms with E-state index >= 15 is 0 Å². The fraction of sp³-hybridized carbons (Fsp3) is 0.538. The molecule has 1 saturated heterocycles. The first kappa shape index (κ1) is 13.2. The lowest BCUT2D eigenvalue weighted by Crippen LogP contribution is -2.54. The SMILES string of the molecule is CC(C)C1CNCCN1c1cc(F)cc(F)c1F. The average Bonchev–Trinajstić information content (AvgIpc) is 2.33. The Labute approximate surface area is 105 Å². The Bertz CT molecular complexity index is 434. The molecule has 2 rings (SSSR count). The summed E-state index contributed by atoms with van der Waals surface area (Å²) in [5, 5.41) is 3.21. The average molecular weight is 258 g/mol. The van der Waals surface area contributed by atoms with Crippen molar-refractivity contribution in [2.24, 2.45) is 5.92 Å². The number of halogens is 3. The fourth-order valence-electron chi connectivity index (χ4n) is 2.37. The summed E-state index contributed by atoms with van der Waals surface area (Å²) in [5.41, 5.74) is 0.0210. The lowest BCUT2D eigenvalue weighted by molar-refractivity contribution is 0.383. The van der Waals surface area contributed by atoms with Crippen LogP contribution < -0.4 is 10.2 Å². The number of hydrogen-bond donors (Lipinski definition) is 1. The van der Waals surface area contributed by atoms with Crippen molar-refractivity contribution in [3.63, 3.8) is 0 Å². The van der Waals surface area contributed by atoms with Crippen molar-refractivity contribution in [2.45, 2.75) is 19.9 Å². The van der Waals surface area contributed by atoms with Crippen LogP contribution in [0.5, 0.6) is 0 Å². The van der Waals surface area contributed by atoms with Crippen LogP contribution in [-0.2, 0) is 0 Å². The Kier molecular flexibility index (Phi) is 3.80. The summed E-state index contributed by atoms with van der Waals surface area (Å²) >= 11 is 0. The summed E-state index contributed by atoms with van der Waals surface area (Å²) < 4.78 is 40.3. The normalized spacial score (nSPS) is 20.6. The van der Waals surface area contributed by atoms with Gasteiger partial charge >= 0.3 is 0 Å². The molecule has 1 N–H and O–H groups in total. The van der Waals surface area contributed by atoms with Gasteiger partial charge in [0, 0.05) is 37.8 Å². The van der Waals surface area contributed by atoms with Gasteiger partial charge in [-0.05, 0) is 5.92 Å². The van der Waals surface area contributed by atoms with Crippen LogP contribution in [0, 0.1) is 23.4 Å². The Morgan fingerprint density at radius 1 is 1.28 bits per heavy atom. The Hall–Kier alpha value is -1.23. The van der Waals surface area contributed by atoms with Crippen molar-refractivity contribution < 1.29 is 13.2 Å². The molecule has 0 bridgehead atoms. The van der Waals surface area contributed by atoms with Crippen molar-refractivity contribution in [1.29, 1.82) is 0 Å². The van der Waals surface area contributed by atoms with E-state index in [0.717, 1.165) is 6.07 Å². The van der Waals surface area contributed by atoms with E-state index in [1.807, 2.05) is 13.8 Å². The van der Waals surface area contributed by atoms with E-state index in [4.69, 9.17) is 0 Å². The number of rotatable bonds is 2. The molecule has 2 nitrogen and oxygen atoms in total. The zero-order valence-corrected chi connectivity index (χ0v) is 10.5. The molecule has 1 aliphatic rings. The van der Waals surface area contributed by atoms with Gasteiger partial charge in [0.2, 0.25) is 0 Å². The van der Waals surface area contributed by atoms with Gasteiger partial charge in [-0.1, -0.05) is 13.8 Å². The number of anilines is 1. The molecule has 1 atom stereocenters. The van der Waals surface area contributed by atoms with E-state index in [1.54, 1.807) is 4.90 Å². The zero-order chi connectivity index (χ0) is 13.3. The summed E-state index contributed by atoms with van der Waals surface area (Å²) in [6.07, 6.45) is 0. The largest absolute Gasteiger partial charge is 0.363 e. The van der Waals surface area contributed by atoms with Gasteiger partial charge in [0.25, 0.3) is 0 Å². The van der Waals surface area contributed by atoms with E-state index < -0.39 is 17.5 Å². The van der Waals surface area contributed by atoms with Gasteiger partial charge in [-0.3, -0.25) is 0 Å². The Morgan fingerprint density at radius 2 is 2.00 bits per heavy atom. The molecule has 0 saturated carbocycles. The Morgan fingerprint density at radius 3 is 2.67 bits per heavy atom. The molecular formula is C13H17F3N2. The maximum Gasteiger partial charge on any atom is 0.182 e. The van der Waals surface area contributed by atoms with Crippen molar-refractivity contribution >= 4 is 5.69 Å². The molecule has 100 valence electrons. The minimum atomic E-state index is -1.13. The molecule has 1 aromatic carbocycles. The summed E-state index contributed by atoms with van der Waals surface area (Å²) in [6, 6.07) is 1.68. The molecule has 1 heterocycles. The number of hydrogen-bond acceptors (Lipinski definition) is 2. The highest BCUT2D eigenvalue weighted by molar-refractivity contribution is 5.50. The van der Waals surface area contributed by atoms with Crippen LogP contribution >= 0.6 is 0 Å². The molecule has 5 heteroatoms. The first-order chi connectivity index (χ1) is 8.50. The van der Waals surface area contributed by atoms with Crippen LogP contribution in [0.2, 0.25) is 0 Å². The third-order valence-electron chi connectivity index (χ3n) is 3.34. The number of piperazine rings is 1. The maximum absolute atomic E-state index is 13.8. The molecule has 0 radical (unpaired) electrons. The summed E-state index contributed by atoms with van der Waals surface area (Å²) in [7, 11) is 0. The van der Waals surface area contributed by atoms with Crippen molar-refractivity contribution in [3.05, 3.63) is 29.6 Å². The number of nitrogens with one attached hydrogen (secondary N) is 1. The van der Waals surface area contributed by atoms with Crippen molar-refractivity contribution in [3.8, 4) is 0 Å². The quantitative estimate of drug-likeness (QED) is 0.820. The predicted octanol–water partition coefficient (Wildman–Crippen LogP) is 2.54. The highest BCUT2D eigenvalue weighted by atomic mass is 19.2. The zero-order valence-electron chi connectivity index (χ0n) is 10.5. The summed E-state index contributed by atoms with van der Waals surface area (Å²) in [6.45, 7) is 5.94. The van der Waals surface area contributed by atoms with Gasteiger partial charge < -0.3 is 10.2 Å². The van der Waals surface area contributed by atoms with Gasteiger partial charge in [0.1, 0.15) is 5.82 Å². The second kappa shape index (κ2) is 5.18. The lowest BCUT2D eigenvalue weighted by Gasteiger charge is -2.40. The molecule has 0 spiro atoms. The fourth-order valence-corrected chi connectivity index (χ4v) is 2.37. The molecular weight excluding hydrogens is 241 g/mol. The highest BCUT2D eigenvalue weighted by Crippen LogP contribution is 2.27. The van der Waals surface area contributed by atoms with Gasteiger partial charge in [0.15, 0.2) is 11.6 Å². The van der Waals surface area contributed by atoms with Gasteiger partial charge in [-0.15, -0.1) is 0 Å². The summed E-state index contributed by atoms with van der Waals surface area (Å²) in [4.78, 5) is 1.75. The smallest absolute Gasteiger partial charge is 0.182 e. The summed E-state index contributed by atoms with van der Waals surface area (Å²) in [5.74, 6) is -2.58. The number of benzene rings is 1. The monoisotopic (exact) mass is 258 g/mol. The first-order valence-corrected chi connectivity index (χ1v) is 6.12. The third-order valence-corrected chi connectivity index (χ3v) is 3.34. The van der Waals surface area contributed by atoms with E-state index in [0.29, 0.717) is 25.7 Å². The van der Waals surface area contributed by atoms with Crippen molar-refractivity contribution in [2.75, 3.05) is 24.5 Å². The predicted molar refractivity (Wildman–Crippen MR) is 65.2 cm³/mol.